The van der Waals surface area contributed by atoms with Crippen molar-refractivity contribution in [2.75, 3.05) is 46.4 Å². The summed E-state index contributed by atoms with van der Waals surface area (Å²) < 4.78 is 84.8. The summed E-state index contributed by atoms with van der Waals surface area (Å²) in [5.74, 6) is -0.784. The van der Waals surface area contributed by atoms with Crippen molar-refractivity contribution in [3.63, 3.8) is 0 Å². The lowest BCUT2D eigenvalue weighted by Crippen LogP contribution is -2.45. The zero-order chi connectivity index (χ0) is 42.8. The largest absolute Gasteiger partial charge is 0.495 e. The Labute approximate surface area is 356 Å². The Hall–Kier alpha value is -5.49. The molecule has 0 saturated carbocycles. The van der Waals surface area contributed by atoms with Crippen molar-refractivity contribution in [2.45, 2.75) is 51.6 Å². The molecule has 6 aromatic rings. The molecule has 0 bridgehead atoms. The van der Waals surface area contributed by atoms with Crippen molar-refractivity contribution in [1.82, 2.24) is 28.9 Å². The number of nitrogens with zero attached hydrogens (tertiary/aromatic N) is 6. The van der Waals surface area contributed by atoms with Gasteiger partial charge in [0.15, 0.2) is 0 Å². The SMILES string of the molecule is CC1=C(c2c(-c3ccc(F)c4ccoc34)ncc3snc(O[C@H](Cc4ccccc4OCc4ccnn4CC(F)(F)F)C(=O)O)c23)CCC(OCCN2CCN(C)CC2)=C1Cl. The van der Waals surface area contributed by atoms with Gasteiger partial charge in [0, 0.05) is 69.1 Å². The first-order valence-electron chi connectivity index (χ1n) is 19.6. The summed E-state index contributed by atoms with van der Waals surface area (Å²) in [6.07, 6.45) is -0.926. The minimum Gasteiger partial charge on any atom is -0.495 e. The lowest BCUT2D eigenvalue weighted by atomic mass is 9.87. The molecule has 1 aliphatic heterocycles. The van der Waals surface area contributed by atoms with Gasteiger partial charge in [0.25, 0.3) is 0 Å². The molecule has 5 heterocycles. The average molecular weight is 881 g/mol. The summed E-state index contributed by atoms with van der Waals surface area (Å²) in [4.78, 5) is 22.5. The van der Waals surface area contributed by atoms with E-state index in [-0.39, 0.29) is 41.3 Å². The van der Waals surface area contributed by atoms with Crippen LogP contribution in [0.2, 0.25) is 0 Å². The predicted molar refractivity (Wildman–Crippen MR) is 222 cm³/mol. The fourth-order valence-corrected chi connectivity index (χ4v) is 8.63. The maximum atomic E-state index is 15.0. The van der Waals surface area contributed by atoms with E-state index in [9.17, 15) is 27.5 Å². The Bertz CT molecular complexity index is 2630. The molecule has 2 aromatic carbocycles. The second-order valence-corrected chi connectivity index (χ2v) is 16.1. The van der Waals surface area contributed by atoms with Crippen LogP contribution in [0.4, 0.5) is 17.6 Å². The molecule has 2 aliphatic rings. The van der Waals surface area contributed by atoms with Crippen LogP contribution in [0.25, 0.3) is 37.9 Å². The highest BCUT2D eigenvalue weighted by Crippen LogP contribution is 2.47. The number of allylic oxidation sites excluding steroid dienone is 4. The Balaban J connectivity index is 1.14. The smallest absolute Gasteiger partial charge is 0.408 e. The zero-order valence-electron chi connectivity index (χ0n) is 33.2. The number of carboxylic acid groups (broad SMARTS) is 1. The van der Waals surface area contributed by atoms with Crippen molar-refractivity contribution in [1.29, 1.82) is 0 Å². The Morgan fingerprint density at radius 1 is 1.07 bits per heavy atom. The van der Waals surface area contributed by atoms with Gasteiger partial charge >= 0.3 is 12.1 Å². The molecule has 4 aromatic heterocycles. The summed E-state index contributed by atoms with van der Waals surface area (Å²) in [5.41, 5.74) is 3.95. The second kappa shape index (κ2) is 17.8. The van der Waals surface area contributed by atoms with Gasteiger partial charge in [-0.1, -0.05) is 29.8 Å². The number of furan rings is 1. The number of rotatable bonds is 15. The second-order valence-electron chi connectivity index (χ2n) is 14.9. The van der Waals surface area contributed by atoms with Crippen molar-refractivity contribution in [3.05, 3.63) is 106 Å². The van der Waals surface area contributed by atoms with Crippen LogP contribution >= 0.6 is 23.1 Å². The molecule has 12 nitrogen and oxygen atoms in total. The van der Waals surface area contributed by atoms with Gasteiger partial charge in [-0.2, -0.15) is 22.6 Å². The number of alkyl halides is 3. The van der Waals surface area contributed by atoms with Crippen LogP contribution in [-0.2, 0) is 29.1 Å². The first-order chi connectivity index (χ1) is 29.3. The molecular weight excluding hydrogens is 840 g/mol. The minimum atomic E-state index is -4.48. The number of benzene rings is 2. The highest BCUT2D eigenvalue weighted by atomic mass is 35.5. The van der Waals surface area contributed by atoms with Crippen molar-refractivity contribution in [3.8, 4) is 22.9 Å². The van der Waals surface area contributed by atoms with Crippen LogP contribution in [0.1, 0.15) is 36.6 Å². The number of para-hydroxylation sites is 1. The minimum absolute atomic E-state index is 0.0351. The number of hydrogen-bond acceptors (Lipinski definition) is 11. The van der Waals surface area contributed by atoms with Gasteiger partial charge in [0.05, 0.1) is 38.2 Å². The monoisotopic (exact) mass is 880 g/mol. The standard InChI is InChI=1S/C43H41ClF4N6O6S/c1-25-28(8-10-33(38(25)44)57-20-18-53-16-14-52(2)15-17-53)36-37-35(22-49-39(36)30-7-9-31(45)29-12-19-58-40(29)30)61-51-41(37)60-34(42(55)56)21-26-5-3-4-6-32(26)59-23-27-11-13-50-54(27)24-43(46,47)48/h3-7,9,11-13,19,22,34H,8,10,14-18,20-21,23-24H2,1-2H3,(H,55,56)/t34-/m1/s1. The van der Waals surface area contributed by atoms with E-state index in [4.69, 9.17) is 35.2 Å². The molecule has 1 atom stereocenters. The summed E-state index contributed by atoms with van der Waals surface area (Å²) in [6, 6.07) is 12.5. The Morgan fingerprint density at radius 2 is 1.87 bits per heavy atom. The molecular formula is C43H41ClF4N6O6S. The highest BCUT2D eigenvalue weighted by Gasteiger charge is 2.32. The third kappa shape index (κ3) is 9.24. The van der Waals surface area contributed by atoms with Gasteiger partial charge < -0.3 is 28.6 Å². The van der Waals surface area contributed by atoms with E-state index in [1.165, 1.54) is 24.6 Å². The van der Waals surface area contributed by atoms with Gasteiger partial charge in [-0.3, -0.25) is 14.6 Å². The molecule has 0 amide bonds. The summed E-state index contributed by atoms with van der Waals surface area (Å²) >= 11 is 8.18. The number of ether oxygens (including phenoxy) is 3. The molecule has 0 spiro atoms. The zero-order valence-corrected chi connectivity index (χ0v) is 34.7. The number of aromatic nitrogens is 4. The fourth-order valence-electron chi connectivity index (χ4n) is 7.67. The molecule has 1 saturated heterocycles. The van der Waals surface area contributed by atoms with Crippen molar-refractivity contribution >= 4 is 55.7 Å². The number of fused-ring (bicyclic) bond motifs is 2. The van der Waals surface area contributed by atoms with Gasteiger partial charge in [-0.25, -0.2) is 9.18 Å². The van der Waals surface area contributed by atoms with E-state index in [0.29, 0.717) is 62.7 Å². The lowest BCUT2D eigenvalue weighted by molar-refractivity contribution is -0.145. The average Bonchev–Trinajstić information content (AvgIpc) is 4.00. The topological polar surface area (TPSA) is 128 Å². The number of aliphatic carboxylic acids is 1. The van der Waals surface area contributed by atoms with E-state index < -0.39 is 30.6 Å². The van der Waals surface area contributed by atoms with E-state index in [1.54, 1.807) is 42.6 Å². The summed E-state index contributed by atoms with van der Waals surface area (Å²) in [6.45, 7) is 5.53. The molecule has 8 rings (SSSR count). The molecule has 1 fully saturated rings. The van der Waals surface area contributed by atoms with Crippen molar-refractivity contribution in [2.24, 2.45) is 0 Å². The number of carboxylic acids is 1. The summed E-state index contributed by atoms with van der Waals surface area (Å²) in [7, 11) is 2.11. The normalized spacial score (nSPS) is 16.2. The number of hydrogen-bond donors (Lipinski definition) is 1. The van der Waals surface area contributed by atoms with E-state index in [0.717, 1.165) is 60.1 Å². The number of likely N-dealkylation sites (N-methyl/N-ethyl adjacent to an activating group) is 1. The molecule has 1 aliphatic carbocycles. The Kier molecular flexibility index (Phi) is 12.4. The van der Waals surface area contributed by atoms with Crippen LogP contribution in [0.15, 0.2) is 88.0 Å². The fraction of sp³-hybridized carbons (Fsp3) is 0.349. The summed E-state index contributed by atoms with van der Waals surface area (Å²) in [5, 5.41) is 15.5. The van der Waals surface area contributed by atoms with Crippen LogP contribution < -0.4 is 9.47 Å². The van der Waals surface area contributed by atoms with Crippen molar-refractivity contribution < 1.29 is 46.1 Å². The molecule has 61 heavy (non-hydrogen) atoms. The van der Waals surface area contributed by atoms with E-state index in [2.05, 4.69) is 26.3 Å². The highest BCUT2D eigenvalue weighted by molar-refractivity contribution is 7.13. The third-order valence-corrected chi connectivity index (χ3v) is 12.2. The molecule has 0 radical (unpaired) electrons. The number of halogens is 5. The van der Waals surface area contributed by atoms with Crippen LogP contribution in [0, 0.1) is 5.82 Å². The molecule has 320 valence electrons. The predicted octanol–water partition coefficient (Wildman–Crippen LogP) is 8.94. The maximum Gasteiger partial charge on any atom is 0.408 e. The van der Waals surface area contributed by atoms with Gasteiger partial charge in [0.2, 0.25) is 12.0 Å². The maximum absolute atomic E-state index is 15.0. The third-order valence-electron chi connectivity index (χ3n) is 10.9. The number of piperazine rings is 1. The van der Waals surface area contributed by atoms with E-state index >= 15 is 0 Å². The van der Waals surface area contributed by atoms with E-state index in [1.807, 2.05) is 6.92 Å². The first kappa shape index (κ1) is 42.2. The first-order valence-corrected chi connectivity index (χ1v) is 20.7. The van der Waals surface area contributed by atoms with Gasteiger partial charge in [-0.15, -0.1) is 0 Å². The molecule has 1 N–H and O–H groups in total. The molecule has 0 unspecified atom stereocenters. The van der Waals surface area contributed by atoms with Gasteiger partial charge in [0.1, 0.15) is 42.7 Å². The number of pyridine rings is 1. The van der Waals surface area contributed by atoms with Gasteiger partial charge in [-0.05, 0) is 79.0 Å². The Morgan fingerprint density at radius 3 is 2.66 bits per heavy atom. The van der Waals surface area contributed by atoms with Crippen LogP contribution in [-0.4, -0.2) is 98.7 Å². The number of carbonyl (C=O) groups is 1. The quantitative estimate of drug-likeness (QED) is 0.0994. The lowest BCUT2D eigenvalue weighted by Gasteiger charge is -2.32. The van der Waals surface area contributed by atoms with Crippen LogP contribution in [0.5, 0.6) is 11.6 Å². The molecule has 18 heteroatoms. The van der Waals surface area contributed by atoms with Crippen LogP contribution in [0.3, 0.4) is 0 Å².